The lowest BCUT2D eigenvalue weighted by Crippen LogP contribution is -2.20. The molecule has 164 valence electrons. The molecule has 9 heteroatoms. The lowest BCUT2D eigenvalue weighted by molar-refractivity contribution is 0.373. The Labute approximate surface area is 200 Å². The third-order valence-electron chi connectivity index (χ3n) is 5.11. The van der Waals surface area contributed by atoms with Gasteiger partial charge in [-0.25, -0.2) is 4.98 Å². The molecule has 0 amide bonds. The van der Waals surface area contributed by atoms with E-state index in [9.17, 15) is 9.90 Å². The number of furan rings is 1. The number of nitrogens with zero attached hydrogens (tertiary/aromatic N) is 3. The van der Waals surface area contributed by atoms with E-state index in [1.807, 2.05) is 36.4 Å². The van der Waals surface area contributed by atoms with Crippen LogP contribution in [0.3, 0.4) is 0 Å². The molecule has 0 radical (unpaired) electrons. The average molecular weight is 525 g/mol. The third-order valence-corrected chi connectivity index (χ3v) is 6.56. The summed E-state index contributed by atoms with van der Waals surface area (Å²) < 4.78 is 12.7. The second-order valence-electron chi connectivity index (χ2n) is 7.11. The fourth-order valence-corrected chi connectivity index (χ4v) is 4.07. The van der Waals surface area contributed by atoms with Crippen LogP contribution in [0.1, 0.15) is 5.56 Å². The smallest absolute Gasteiger partial charge is 0.282 e. The summed E-state index contributed by atoms with van der Waals surface area (Å²) in [7, 11) is 1.41. The van der Waals surface area contributed by atoms with Gasteiger partial charge in [0.05, 0.1) is 24.2 Å². The second-order valence-corrected chi connectivity index (χ2v) is 8.28. The van der Waals surface area contributed by atoms with Crippen LogP contribution in [0.5, 0.6) is 11.5 Å². The van der Waals surface area contributed by atoms with Crippen LogP contribution in [0.2, 0.25) is 5.02 Å². The molecule has 5 rings (SSSR count). The Bertz CT molecular complexity index is 1590. The lowest BCUT2D eigenvalue weighted by atomic mass is 10.2. The van der Waals surface area contributed by atoms with Crippen molar-refractivity contribution in [3.63, 3.8) is 0 Å². The van der Waals surface area contributed by atoms with Gasteiger partial charge < -0.3 is 14.3 Å². The highest BCUT2D eigenvalue weighted by molar-refractivity contribution is 9.10. The molecule has 0 saturated heterocycles. The fraction of sp³-hybridized carbons (Fsp3) is 0.0417. The summed E-state index contributed by atoms with van der Waals surface area (Å²) >= 11 is 9.55. The molecule has 0 aliphatic rings. The maximum Gasteiger partial charge on any atom is 0.282 e. The number of fused-ring (bicyclic) bond motifs is 2. The normalized spacial score (nSPS) is 11.6. The number of phenolic OH excluding ortho intramolecular Hbond substituents is 1. The van der Waals surface area contributed by atoms with E-state index in [1.165, 1.54) is 18.0 Å². The van der Waals surface area contributed by atoms with Gasteiger partial charge in [0.15, 0.2) is 17.3 Å². The van der Waals surface area contributed by atoms with Crippen molar-refractivity contribution in [1.82, 2.24) is 9.66 Å². The molecule has 0 bridgehead atoms. The van der Waals surface area contributed by atoms with Gasteiger partial charge in [-0.1, -0.05) is 41.9 Å². The van der Waals surface area contributed by atoms with Crippen molar-refractivity contribution in [1.29, 1.82) is 0 Å². The highest BCUT2D eigenvalue weighted by Crippen LogP contribution is 2.41. The molecule has 0 atom stereocenters. The van der Waals surface area contributed by atoms with Crippen molar-refractivity contribution in [2.24, 2.45) is 5.10 Å². The number of hydrogen-bond acceptors (Lipinski definition) is 6. The number of phenols is 1. The fourth-order valence-electron chi connectivity index (χ4n) is 3.46. The molecule has 5 aromatic rings. The Morgan fingerprint density at radius 2 is 1.94 bits per heavy atom. The average Bonchev–Trinajstić information content (AvgIpc) is 3.27. The second kappa shape index (κ2) is 8.38. The van der Waals surface area contributed by atoms with Crippen LogP contribution < -0.4 is 10.3 Å². The Balaban J connectivity index is 1.74. The van der Waals surface area contributed by atoms with E-state index >= 15 is 0 Å². The predicted molar refractivity (Wildman–Crippen MR) is 132 cm³/mol. The number of methoxy groups -OCH3 is 1. The number of aromatic nitrogens is 2. The Morgan fingerprint density at radius 1 is 1.18 bits per heavy atom. The van der Waals surface area contributed by atoms with Crippen molar-refractivity contribution >= 4 is 55.6 Å². The minimum atomic E-state index is -0.361. The summed E-state index contributed by atoms with van der Waals surface area (Å²) in [6.45, 7) is 0. The van der Waals surface area contributed by atoms with Gasteiger partial charge in [0.2, 0.25) is 5.82 Å². The molecule has 0 aliphatic carbocycles. The number of aromatic hydroxyl groups is 1. The quantitative estimate of drug-likeness (QED) is 0.299. The minimum Gasteiger partial charge on any atom is -0.503 e. The van der Waals surface area contributed by atoms with Gasteiger partial charge >= 0.3 is 0 Å². The molecule has 0 unspecified atom stereocenters. The van der Waals surface area contributed by atoms with Crippen molar-refractivity contribution in [3.05, 3.63) is 86.1 Å². The maximum absolute atomic E-state index is 13.4. The van der Waals surface area contributed by atoms with E-state index in [0.717, 1.165) is 5.39 Å². The minimum absolute atomic E-state index is 0.0669. The van der Waals surface area contributed by atoms with Gasteiger partial charge in [-0.2, -0.15) is 9.78 Å². The highest BCUT2D eigenvalue weighted by Gasteiger charge is 2.18. The molecule has 0 fully saturated rings. The lowest BCUT2D eigenvalue weighted by Gasteiger charge is -2.10. The Morgan fingerprint density at radius 3 is 2.73 bits per heavy atom. The molecule has 2 aromatic heterocycles. The molecule has 0 saturated carbocycles. The van der Waals surface area contributed by atoms with E-state index in [-0.39, 0.29) is 27.9 Å². The topological polar surface area (TPSA) is 89.9 Å². The first-order chi connectivity index (χ1) is 16.0. The molecule has 0 spiro atoms. The number of ether oxygens (including phenoxy) is 1. The zero-order chi connectivity index (χ0) is 23.1. The van der Waals surface area contributed by atoms with E-state index in [1.54, 1.807) is 24.3 Å². The predicted octanol–water partition coefficient (Wildman–Crippen LogP) is 5.82. The first-order valence-electron chi connectivity index (χ1n) is 9.78. The third kappa shape index (κ3) is 3.67. The van der Waals surface area contributed by atoms with E-state index in [4.69, 9.17) is 20.8 Å². The summed E-state index contributed by atoms with van der Waals surface area (Å²) in [5.41, 5.74) is 1.33. The van der Waals surface area contributed by atoms with E-state index in [2.05, 4.69) is 26.0 Å². The first-order valence-corrected chi connectivity index (χ1v) is 10.9. The number of rotatable bonds is 4. The number of para-hydroxylation sites is 2. The molecular formula is C24H15BrClN3O4. The number of halogens is 2. The standard InChI is InChI=1S/C24H15BrClN3O4/c1-32-18-11-14(20(25)21(26)22(18)30)12-27-29-23(19-10-13-6-2-5-9-17(13)33-19)28-16-8-4-3-7-15(16)24(29)31/h2-12,30H,1H3. The first kappa shape index (κ1) is 21.2. The Hall–Kier alpha value is -3.62. The van der Waals surface area contributed by atoms with Crippen molar-refractivity contribution in [2.75, 3.05) is 7.11 Å². The van der Waals surface area contributed by atoms with Crippen molar-refractivity contribution in [2.45, 2.75) is 0 Å². The van der Waals surface area contributed by atoms with E-state index < -0.39 is 0 Å². The van der Waals surface area contributed by atoms with E-state index in [0.29, 0.717) is 32.3 Å². The largest absolute Gasteiger partial charge is 0.503 e. The van der Waals surface area contributed by atoms with Gasteiger partial charge in [-0.15, -0.1) is 0 Å². The van der Waals surface area contributed by atoms with Crippen molar-refractivity contribution < 1.29 is 14.3 Å². The van der Waals surface area contributed by atoms with Crippen LogP contribution >= 0.6 is 27.5 Å². The molecule has 2 heterocycles. The summed E-state index contributed by atoms with van der Waals surface area (Å²) in [5, 5.41) is 15.9. The molecule has 7 nitrogen and oxygen atoms in total. The van der Waals surface area contributed by atoms with Crippen LogP contribution in [0, 0.1) is 0 Å². The zero-order valence-electron chi connectivity index (χ0n) is 17.1. The summed E-state index contributed by atoms with van der Waals surface area (Å²) in [4.78, 5) is 18.0. The molecule has 3 aromatic carbocycles. The molecule has 1 N–H and O–H groups in total. The highest BCUT2D eigenvalue weighted by atomic mass is 79.9. The van der Waals surface area contributed by atoms with Gasteiger partial charge in [0.25, 0.3) is 5.56 Å². The van der Waals surface area contributed by atoms with Crippen LogP contribution in [0.25, 0.3) is 33.5 Å². The monoisotopic (exact) mass is 523 g/mol. The van der Waals surface area contributed by atoms with Crippen molar-refractivity contribution in [3.8, 4) is 23.1 Å². The summed E-state index contributed by atoms with van der Waals surface area (Å²) in [5.74, 6) is 0.623. The van der Waals surface area contributed by atoms with Gasteiger partial charge in [-0.05, 0) is 46.3 Å². The number of hydrogen-bond donors (Lipinski definition) is 1. The van der Waals surface area contributed by atoms with Gasteiger partial charge in [-0.3, -0.25) is 4.79 Å². The molecule has 33 heavy (non-hydrogen) atoms. The number of benzene rings is 3. The summed E-state index contributed by atoms with van der Waals surface area (Å²) in [6.07, 6.45) is 1.43. The SMILES string of the molecule is COc1cc(C=Nn2c(-c3cc4ccccc4o3)nc3ccccc3c2=O)c(Br)c(Cl)c1O. The Kier molecular flexibility index (Phi) is 5.39. The van der Waals surface area contributed by atoms with Crippen LogP contribution in [0.4, 0.5) is 0 Å². The summed E-state index contributed by atoms with van der Waals surface area (Å²) in [6, 6.07) is 17.9. The molecule has 0 aliphatic heterocycles. The van der Waals surface area contributed by atoms with Crippen LogP contribution in [-0.4, -0.2) is 28.1 Å². The molecular weight excluding hydrogens is 510 g/mol. The van der Waals surface area contributed by atoms with Crippen LogP contribution in [0.15, 0.2) is 79.4 Å². The zero-order valence-corrected chi connectivity index (χ0v) is 19.5. The van der Waals surface area contributed by atoms with Gasteiger partial charge in [0, 0.05) is 15.4 Å². The maximum atomic E-state index is 13.4. The van der Waals surface area contributed by atoms with Crippen LogP contribution in [-0.2, 0) is 0 Å². The van der Waals surface area contributed by atoms with Gasteiger partial charge in [0.1, 0.15) is 10.6 Å².